The van der Waals surface area contributed by atoms with E-state index in [-0.39, 0.29) is 12.3 Å². The van der Waals surface area contributed by atoms with Crippen LogP contribution in [0.3, 0.4) is 0 Å². The predicted molar refractivity (Wildman–Crippen MR) is 78.5 cm³/mol. The van der Waals surface area contributed by atoms with E-state index in [0.29, 0.717) is 29.4 Å². The second-order valence-electron chi connectivity index (χ2n) is 4.58. The Morgan fingerprint density at radius 3 is 2.76 bits per heavy atom. The molecule has 0 radical (unpaired) electrons. The van der Waals surface area contributed by atoms with Crippen LogP contribution in [-0.4, -0.2) is 47.2 Å². The van der Waals surface area contributed by atoms with Crippen molar-refractivity contribution in [3.05, 3.63) is 18.2 Å². The van der Waals surface area contributed by atoms with Crippen LogP contribution in [0.2, 0.25) is 0 Å². The maximum absolute atomic E-state index is 11.2. The van der Waals surface area contributed by atoms with E-state index in [1.807, 2.05) is 6.92 Å². The highest BCUT2D eigenvalue weighted by molar-refractivity contribution is 7.90. The molecule has 2 aromatic rings. The Labute approximate surface area is 122 Å². The minimum atomic E-state index is -3.09. The third kappa shape index (κ3) is 4.15. The van der Waals surface area contributed by atoms with E-state index >= 15 is 0 Å². The summed E-state index contributed by atoms with van der Waals surface area (Å²) < 4.78 is 29.4. The first kappa shape index (κ1) is 15.2. The van der Waals surface area contributed by atoms with E-state index < -0.39 is 9.84 Å². The van der Waals surface area contributed by atoms with E-state index in [1.165, 1.54) is 10.9 Å². The van der Waals surface area contributed by atoms with Gasteiger partial charge in [0.25, 0.3) is 0 Å². The Kier molecular flexibility index (Phi) is 4.41. The molecule has 21 heavy (non-hydrogen) atoms. The summed E-state index contributed by atoms with van der Waals surface area (Å²) in [6.07, 6.45) is 1.17. The second kappa shape index (κ2) is 6.08. The van der Waals surface area contributed by atoms with E-state index in [2.05, 4.69) is 15.5 Å². The van der Waals surface area contributed by atoms with Crippen LogP contribution in [0.1, 0.15) is 6.92 Å². The van der Waals surface area contributed by atoms with Gasteiger partial charge in [0.2, 0.25) is 0 Å². The average molecular weight is 311 g/mol. The lowest BCUT2D eigenvalue weighted by atomic mass is 10.2. The Hall–Kier alpha value is -2.16. The highest BCUT2D eigenvalue weighted by Gasteiger charge is 2.13. The van der Waals surface area contributed by atoms with Gasteiger partial charge in [0, 0.05) is 23.6 Å². The molecule has 9 heteroatoms. The van der Waals surface area contributed by atoms with Crippen molar-refractivity contribution >= 4 is 15.5 Å². The molecule has 2 rings (SSSR count). The second-order valence-corrected chi connectivity index (χ2v) is 6.84. The normalized spacial score (nSPS) is 11.5. The predicted octanol–water partition coefficient (Wildman–Crippen LogP) is 0.366. The van der Waals surface area contributed by atoms with Crippen molar-refractivity contribution in [3.63, 3.8) is 0 Å². The van der Waals surface area contributed by atoms with Gasteiger partial charge in [-0.1, -0.05) is 0 Å². The fourth-order valence-electron chi connectivity index (χ4n) is 1.82. The van der Waals surface area contributed by atoms with Crippen molar-refractivity contribution in [2.45, 2.75) is 13.5 Å². The first-order chi connectivity index (χ1) is 9.89. The van der Waals surface area contributed by atoms with Gasteiger partial charge in [0.05, 0.1) is 18.9 Å². The number of nitrogens with two attached hydrogens (primary N) is 1. The van der Waals surface area contributed by atoms with E-state index in [4.69, 9.17) is 10.5 Å². The van der Waals surface area contributed by atoms with E-state index in [0.717, 1.165) is 0 Å². The molecule has 0 atom stereocenters. The molecule has 0 saturated carbocycles. The van der Waals surface area contributed by atoms with Gasteiger partial charge < -0.3 is 10.5 Å². The molecule has 8 nitrogen and oxygen atoms in total. The van der Waals surface area contributed by atoms with Crippen LogP contribution < -0.4 is 10.5 Å². The third-order valence-corrected chi connectivity index (χ3v) is 3.63. The maximum atomic E-state index is 11.2. The first-order valence-corrected chi connectivity index (χ1v) is 8.42. The molecule has 0 unspecified atom stereocenters. The monoisotopic (exact) mass is 311 g/mol. The van der Waals surface area contributed by atoms with Crippen LogP contribution in [0.4, 0.5) is 5.69 Å². The number of hydrogen-bond donors (Lipinski definition) is 1. The number of aryl methyl sites for hydroxylation is 1. The van der Waals surface area contributed by atoms with Crippen molar-refractivity contribution in [1.82, 2.24) is 20.2 Å². The lowest BCUT2D eigenvalue weighted by molar-refractivity contribution is 0.340. The fourth-order valence-corrected chi connectivity index (χ4v) is 2.32. The summed E-state index contributed by atoms with van der Waals surface area (Å²) >= 11 is 0. The van der Waals surface area contributed by atoms with Gasteiger partial charge in [0.15, 0.2) is 5.82 Å². The summed E-state index contributed by atoms with van der Waals surface area (Å²) in [6.45, 7) is 2.57. The zero-order chi connectivity index (χ0) is 15.5. The molecule has 1 heterocycles. The molecular weight excluding hydrogens is 294 g/mol. The molecule has 0 amide bonds. The average Bonchev–Trinajstić information content (AvgIpc) is 2.83. The standard InChI is InChI=1S/C12H17N5O3S/c1-3-20-11-7-9(6-10(13)8-11)12-14-15-16-17(12)4-5-21(2,18)19/h6-8H,3-5,13H2,1-2H3. The number of ether oxygens (including phenoxy) is 1. The summed E-state index contributed by atoms with van der Waals surface area (Å²) in [5.74, 6) is 1.03. The van der Waals surface area contributed by atoms with Gasteiger partial charge in [-0.3, -0.25) is 0 Å². The largest absolute Gasteiger partial charge is 0.494 e. The lowest BCUT2D eigenvalue weighted by Gasteiger charge is -2.08. The van der Waals surface area contributed by atoms with Crippen LogP contribution in [0.25, 0.3) is 11.4 Å². The summed E-state index contributed by atoms with van der Waals surface area (Å²) in [5, 5.41) is 11.3. The molecule has 0 aliphatic rings. The Morgan fingerprint density at radius 1 is 1.33 bits per heavy atom. The zero-order valence-corrected chi connectivity index (χ0v) is 12.7. The Bertz CT molecular complexity index is 726. The van der Waals surface area contributed by atoms with Gasteiger partial charge in [-0.25, -0.2) is 13.1 Å². The summed E-state index contributed by atoms with van der Waals surface area (Å²) in [4.78, 5) is 0. The highest BCUT2D eigenvalue weighted by atomic mass is 32.2. The van der Waals surface area contributed by atoms with Crippen LogP contribution in [-0.2, 0) is 16.4 Å². The van der Waals surface area contributed by atoms with E-state index in [1.54, 1.807) is 18.2 Å². The first-order valence-electron chi connectivity index (χ1n) is 6.36. The molecule has 0 fully saturated rings. The van der Waals surface area contributed by atoms with Crippen LogP contribution in [0.5, 0.6) is 5.75 Å². The molecule has 2 N–H and O–H groups in total. The smallest absolute Gasteiger partial charge is 0.182 e. The molecule has 0 bridgehead atoms. The SMILES string of the molecule is CCOc1cc(N)cc(-c2nnnn2CCS(C)(=O)=O)c1. The molecule has 1 aromatic heterocycles. The van der Waals surface area contributed by atoms with Crippen LogP contribution in [0, 0.1) is 0 Å². The highest BCUT2D eigenvalue weighted by Crippen LogP contribution is 2.25. The Morgan fingerprint density at radius 2 is 2.10 bits per heavy atom. The summed E-state index contributed by atoms with van der Waals surface area (Å²) in [6, 6.07) is 5.19. The third-order valence-electron chi connectivity index (χ3n) is 2.70. The Balaban J connectivity index is 2.32. The van der Waals surface area contributed by atoms with Crippen molar-refractivity contribution in [2.24, 2.45) is 0 Å². The molecule has 1 aromatic carbocycles. The van der Waals surface area contributed by atoms with Gasteiger partial charge >= 0.3 is 0 Å². The molecular formula is C12H17N5O3S. The van der Waals surface area contributed by atoms with Crippen molar-refractivity contribution in [1.29, 1.82) is 0 Å². The fraction of sp³-hybridized carbons (Fsp3) is 0.417. The number of rotatable bonds is 6. The van der Waals surface area contributed by atoms with Crippen molar-refractivity contribution in [3.8, 4) is 17.1 Å². The number of sulfone groups is 1. The molecule has 0 spiro atoms. The zero-order valence-electron chi connectivity index (χ0n) is 11.9. The molecule has 0 aliphatic heterocycles. The number of hydrogen-bond acceptors (Lipinski definition) is 7. The number of anilines is 1. The van der Waals surface area contributed by atoms with Crippen molar-refractivity contribution in [2.75, 3.05) is 24.3 Å². The molecule has 114 valence electrons. The minimum Gasteiger partial charge on any atom is -0.494 e. The number of nitrogens with zero attached hydrogens (tertiary/aromatic N) is 4. The van der Waals surface area contributed by atoms with Crippen molar-refractivity contribution < 1.29 is 13.2 Å². The number of tetrazole rings is 1. The maximum Gasteiger partial charge on any atom is 0.182 e. The molecule has 0 aliphatic carbocycles. The number of aromatic nitrogens is 4. The van der Waals surface area contributed by atoms with E-state index in [9.17, 15) is 8.42 Å². The molecule has 0 saturated heterocycles. The topological polar surface area (TPSA) is 113 Å². The minimum absolute atomic E-state index is 0.0360. The summed E-state index contributed by atoms with van der Waals surface area (Å²) in [5.41, 5.74) is 7.03. The van der Waals surface area contributed by atoms with Gasteiger partial charge in [-0.15, -0.1) is 5.10 Å². The van der Waals surface area contributed by atoms with Gasteiger partial charge in [0.1, 0.15) is 15.6 Å². The summed E-state index contributed by atoms with van der Waals surface area (Å²) in [7, 11) is -3.09. The van der Waals surface area contributed by atoms with Gasteiger partial charge in [-0.2, -0.15) is 0 Å². The van der Waals surface area contributed by atoms with Gasteiger partial charge in [-0.05, 0) is 29.5 Å². The lowest BCUT2D eigenvalue weighted by Crippen LogP contribution is -2.13. The van der Waals surface area contributed by atoms with Crippen LogP contribution in [0.15, 0.2) is 18.2 Å². The number of benzene rings is 1. The number of nitrogen functional groups attached to an aromatic ring is 1. The quantitative estimate of drug-likeness (QED) is 0.766. The van der Waals surface area contributed by atoms with Crippen LogP contribution >= 0.6 is 0 Å².